The van der Waals surface area contributed by atoms with E-state index in [9.17, 15) is 9.90 Å². The highest BCUT2D eigenvalue weighted by atomic mass is 16.5. The summed E-state index contributed by atoms with van der Waals surface area (Å²) in [5, 5.41) is 21.2. The SMILES string of the molecule is NC(=O)c1ccc(Oc2ccccc2NCC(O)CO)cc1. The molecule has 0 spiro atoms. The molecule has 5 N–H and O–H groups in total. The molecule has 0 aliphatic carbocycles. The molecule has 6 heteroatoms. The molecule has 2 rings (SSSR count). The number of nitrogens with one attached hydrogen (secondary N) is 1. The zero-order valence-electron chi connectivity index (χ0n) is 11.9. The summed E-state index contributed by atoms with van der Waals surface area (Å²) in [6.07, 6.45) is -0.845. The number of ether oxygens (including phenoxy) is 1. The number of aliphatic hydroxyl groups is 2. The van der Waals surface area contributed by atoms with Gasteiger partial charge in [0.1, 0.15) is 5.75 Å². The second-order valence-corrected chi connectivity index (χ2v) is 4.70. The first kappa shape index (κ1) is 15.8. The molecule has 0 fully saturated rings. The van der Waals surface area contributed by atoms with Gasteiger partial charge in [0.15, 0.2) is 5.75 Å². The van der Waals surface area contributed by atoms with Crippen molar-refractivity contribution < 1.29 is 19.7 Å². The third kappa shape index (κ3) is 4.21. The summed E-state index contributed by atoms with van der Waals surface area (Å²) in [5.74, 6) is 0.632. The number of carbonyl (C=O) groups is 1. The molecule has 0 saturated heterocycles. The Morgan fingerprint density at radius 2 is 1.86 bits per heavy atom. The maximum atomic E-state index is 11.0. The summed E-state index contributed by atoms with van der Waals surface area (Å²) in [5.41, 5.74) is 6.28. The average Bonchev–Trinajstić information content (AvgIpc) is 2.54. The molecule has 1 amide bonds. The average molecular weight is 302 g/mol. The number of hydrogen-bond donors (Lipinski definition) is 4. The van der Waals surface area contributed by atoms with Crippen LogP contribution in [0, 0.1) is 0 Å². The lowest BCUT2D eigenvalue weighted by molar-refractivity contribution is 0.1000. The van der Waals surface area contributed by atoms with Crippen molar-refractivity contribution in [1.29, 1.82) is 0 Å². The van der Waals surface area contributed by atoms with Crippen LogP contribution in [-0.2, 0) is 0 Å². The van der Waals surface area contributed by atoms with E-state index in [0.717, 1.165) is 0 Å². The van der Waals surface area contributed by atoms with E-state index in [0.29, 0.717) is 22.7 Å². The van der Waals surface area contributed by atoms with Gasteiger partial charge >= 0.3 is 0 Å². The minimum Gasteiger partial charge on any atom is -0.455 e. The highest BCUT2D eigenvalue weighted by Crippen LogP contribution is 2.29. The second kappa shape index (κ2) is 7.44. The minimum atomic E-state index is -0.845. The van der Waals surface area contributed by atoms with Crippen LogP contribution in [0.4, 0.5) is 5.69 Å². The Morgan fingerprint density at radius 3 is 2.50 bits per heavy atom. The van der Waals surface area contributed by atoms with Crippen LogP contribution >= 0.6 is 0 Å². The van der Waals surface area contributed by atoms with E-state index < -0.39 is 12.0 Å². The first-order valence-electron chi connectivity index (χ1n) is 6.79. The fraction of sp³-hybridized carbons (Fsp3) is 0.188. The second-order valence-electron chi connectivity index (χ2n) is 4.70. The van der Waals surface area contributed by atoms with Gasteiger partial charge < -0.3 is 26.0 Å². The first-order chi connectivity index (χ1) is 10.6. The lowest BCUT2D eigenvalue weighted by Gasteiger charge is -2.14. The zero-order chi connectivity index (χ0) is 15.9. The summed E-state index contributed by atoms with van der Waals surface area (Å²) in [4.78, 5) is 11.0. The minimum absolute atomic E-state index is 0.206. The van der Waals surface area contributed by atoms with Crippen molar-refractivity contribution in [2.45, 2.75) is 6.10 Å². The lowest BCUT2D eigenvalue weighted by atomic mass is 10.2. The Kier molecular flexibility index (Phi) is 5.35. The number of carbonyl (C=O) groups excluding carboxylic acids is 1. The number of nitrogens with two attached hydrogens (primary N) is 1. The highest BCUT2D eigenvalue weighted by molar-refractivity contribution is 5.92. The predicted molar refractivity (Wildman–Crippen MR) is 83.1 cm³/mol. The van der Waals surface area contributed by atoms with Crippen molar-refractivity contribution in [3.05, 3.63) is 54.1 Å². The maximum Gasteiger partial charge on any atom is 0.248 e. The number of anilines is 1. The van der Waals surface area contributed by atoms with Gasteiger partial charge in [-0.25, -0.2) is 0 Å². The van der Waals surface area contributed by atoms with E-state index in [1.807, 2.05) is 12.1 Å². The number of amides is 1. The van der Waals surface area contributed by atoms with E-state index in [-0.39, 0.29) is 13.2 Å². The predicted octanol–water partition coefficient (Wildman–Crippen LogP) is 1.34. The quantitative estimate of drug-likeness (QED) is 0.618. The van der Waals surface area contributed by atoms with Crippen molar-refractivity contribution >= 4 is 11.6 Å². The molecule has 0 aliphatic rings. The van der Waals surface area contributed by atoms with Crippen molar-refractivity contribution in [3.8, 4) is 11.5 Å². The number of hydrogen-bond acceptors (Lipinski definition) is 5. The molecule has 0 aliphatic heterocycles. The fourth-order valence-electron chi connectivity index (χ4n) is 1.81. The molecular weight excluding hydrogens is 284 g/mol. The molecule has 116 valence electrons. The normalized spacial score (nSPS) is 11.7. The van der Waals surface area contributed by atoms with Gasteiger partial charge in [0.05, 0.1) is 18.4 Å². The van der Waals surface area contributed by atoms with Gasteiger partial charge in [-0.05, 0) is 36.4 Å². The summed E-state index contributed by atoms with van der Waals surface area (Å²) in [6.45, 7) is -0.109. The van der Waals surface area contributed by atoms with E-state index in [1.165, 1.54) is 0 Å². The monoisotopic (exact) mass is 302 g/mol. The van der Waals surface area contributed by atoms with Crippen LogP contribution in [-0.4, -0.2) is 35.4 Å². The summed E-state index contributed by atoms with van der Waals surface area (Å²) >= 11 is 0. The number of benzene rings is 2. The Labute approximate surface area is 128 Å². The Balaban J connectivity index is 2.10. The topological polar surface area (TPSA) is 105 Å². The third-order valence-corrected chi connectivity index (χ3v) is 2.99. The highest BCUT2D eigenvalue weighted by Gasteiger charge is 2.07. The van der Waals surface area contributed by atoms with Crippen molar-refractivity contribution in [1.82, 2.24) is 0 Å². The Morgan fingerprint density at radius 1 is 1.18 bits per heavy atom. The van der Waals surface area contributed by atoms with Gasteiger partial charge in [-0.2, -0.15) is 0 Å². The first-order valence-corrected chi connectivity index (χ1v) is 6.79. The third-order valence-electron chi connectivity index (χ3n) is 2.99. The summed E-state index contributed by atoms with van der Waals surface area (Å²) < 4.78 is 5.75. The van der Waals surface area contributed by atoms with Crippen molar-refractivity contribution in [2.24, 2.45) is 5.73 Å². The van der Waals surface area contributed by atoms with Crippen molar-refractivity contribution in [3.63, 3.8) is 0 Å². The Hall–Kier alpha value is -2.57. The lowest BCUT2D eigenvalue weighted by Crippen LogP contribution is -2.23. The molecule has 2 aromatic rings. The number of aliphatic hydroxyl groups excluding tert-OH is 2. The molecular formula is C16H18N2O4. The van der Waals surface area contributed by atoms with Gasteiger partial charge in [-0.15, -0.1) is 0 Å². The van der Waals surface area contributed by atoms with Gasteiger partial charge in [-0.1, -0.05) is 12.1 Å². The smallest absolute Gasteiger partial charge is 0.248 e. The molecule has 1 unspecified atom stereocenters. The largest absolute Gasteiger partial charge is 0.455 e. The van der Waals surface area contributed by atoms with E-state index in [4.69, 9.17) is 15.6 Å². The van der Waals surface area contributed by atoms with E-state index in [2.05, 4.69) is 5.32 Å². The van der Waals surface area contributed by atoms with Crippen LogP contribution in [0.15, 0.2) is 48.5 Å². The molecule has 0 aromatic heterocycles. The molecule has 2 aromatic carbocycles. The standard InChI is InChI=1S/C16H18N2O4/c17-16(21)11-5-7-13(8-6-11)22-15-4-2-1-3-14(15)18-9-12(20)10-19/h1-8,12,18-20H,9-10H2,(H2,17,21). The van der Waals surface area contributed by atoms with E-state index >= 15 is 0 Å². The van der Waals surface area contributed by atoms with Gasteiger partial charge in [0.2, 0.25) is 5.91 Å². The molecule has 0 saturated carbocycles. The van der Waals surface area contributed by atoms with Crippen LogP contribution < -0.4 is 15.8 Å². The van der Waals surface area contributed by atoms with Gasteiger partial charge in [-0.3, -0.25) is 4.79 Å². The van der Waals surface area contributed by atoms with Crippen LogP contribution in [0.1, 0.15) is 10.4 Å². The molecule has 1 atom stereocenters. The van der Waals surface area contributed by atoms with Crippen LogP contribution in [0.3, 0.4) is 0 Å². The van der Waals surface area contributed by atoms with Gasteiger partial charge in [0, 0.05) is 12.1 Å². The van der Waals surface area contributed by atoms with Gasteiger partial charge in [0.25, 0.3) is 0 Å². The van der Waals surface area contributed by atoms with Crippen LogP contribution in [0.2, 0.25) is 0 Å². The summed E-state index contributed by atoms with van der Waals surface area (Å²) in [7, 11) is 0. The molecule has 0 radical (unpaired) electrons. The van der Waals surface area contributed by atoms with Crippen molar-refractivity contribution in [2.75, 3.05) is 18.5 Å². The molecule has 6 nitrogen and oxygen atoms in total. The van der Waals surface area contributed by atoms with Crippen LogP contribution in [0.25, 0.3) is 0 Å². The number of primary amides is 1. The van der Waals surface area contributed by atoms with E-state index in [1.54, 1.807) is 36.4 Å². The Bertz CT molecular complexity index is 628. The number of para-hydroxylation sites is 2. The summed E-state index contributed by atoms with van der Waals surface area (Å²) in [6, 6.07) is 13.7. The maximum absolute atomic E-state index is 11.0. The van der Waals surface area contributed by atoms with Crippen LogP contribution in [0.5, 0.6) is 11.5 Å². The zero-order valence-corrected chi connectivity index (χ0v) is 11.9. The molecule has 0 bridgehead atoms. The number of rotatable bonds is 7. The fourth-order valence-corrected chi connectivity index (χ4v) is 1.81. The molecule has 0 heterocycles. The molecule has 22 heavy (non-hydrogen) atoms.